The normalized spacial score (nSPS) is 17.5. The molecule has 0 bridgehead atoms. The van der Waals surface area contributed by atoms with Crippen molar-refractivity contribution in [2.75, 3.05) is 19.6 Å². The molecule has 0 aliphatic heterocycles. The summed E-state index contributed by atoms with van der Waals surface area (Å²) in [5.41, 5.74) is 1.40. The van der Waals surface area contributed by atoms with Crippen molar-refractivity contribution in [2.24, 2.45) is 0 Å². The van der Waals surface area contributed by atoms with E-state index in [9.17, 15) is 0 Å². The Morgan fingerprint density at radius 3 is 2.67 bits per heavy atom. The van der Waals surface area contributed by atoms with Crippen LogP contribution in [0.5, 0.6) is 0 Å². The lowest BCUT2D eigenvalue weighted by atomic mass is 10.0. The highest BCUT2D eigenvalue weighted by molar-refractivity contribution is 9.10. The van der Waals surface area contributed by atoms with Gasteiger partial charge in [0.2, 0.25) is 0 Å². The van der Waals surface area contributed by atoms with E-state index in [0.29, 0.717) is 6.04 Å². The summed E-state index contributed by atoms with van der Waals surface area (Å²) < 4.78 is 1.17. The Morgan fingerprint density at radius 1 is 1.29 bits per heavy atom. The van der Waals surface area contributed by atoms with Crippen molar-refractivity contribution < 1.29 is 0 Å². The molecule has 1 aromatic rings. The highest BCUT2D eigenvalue weighted by Gasteiger charge is 2.22. The van der Waals surface area contributed by atoms with Gasteiger partial charge < -0.3 is 10.2 Å². The zero-order valence-corrected chi connectivity index (χ0v) is 15.0. The van der Waals surface area contributed by atoms with Crippen LogP contribution in [-0.4, -0.2) is 30.6 Å². The molecule has 118 valence electrons. The number of nitrogens with one attached hydrogen (secondary N) is 1. The molecule has 1 fully saturated rings. The Balaban J connectivity index is 1.95. The minimum Gasteiger partial charge on any atom is -0.310 e. The molecule has 0 spiro atoms. The lowest BCUT2D eigenvalue weighted by Crippen LogP contribution is -2.36. The molecule has 1 aliphatic carbocycles. The van der Waals surface area contributed by atoms with E-state index in [0.717, 1.165) is 12.6 Å². The van der Waals surface area contributed by atoms with Gasteiger partial charge in [0.15, 0.2) is 0 Å². The highest BCUT2D eigenvalue weighted by atomic mass is 79.9. The molecule has 1 saturated carbocycles. The second-order valence-electron chi connectivity index (χ2n) is 6.02. The van der Waals surface area contributed by atoms with Gasteiger partial charge in [0.25, 0.3) is 0 Å². The molecule has 1 atom stereocenters. The first kappa shape index (κ1) is 17.0. The zero-order valence-electron chi connectivity index (χ0n) is 13.4. The van der Waals surface area contributed by atoms with Crippen molar-refractivity contribution in [1.82, 2.24) is 10.2 Å². The fraction of sp³-hybridized carbons (Fsp3) is 0.667. The third-order valence-corrected chi connectivity index (χ3v) is 5.15. The van der Waals surface area contributed by atoms with Crippen LogP contribution < -0.4 is 5.32 Å². The van der Waals surface area contributed by atoms with Gasteiger partial charge in [0, 0.05) is 23.1 Å². The lowest BCUT2D eigenvalue weighted by Gasteiger charge is -2.29. The van der Waals surface area contributed by atoms with E-state index < -0.39 is 0 Å². The van der Waals surface area contributed by atoms with Crippen LogP contribution in [0.25, 0.3) is 0 Å². The van der Waals surface area contributed by atoms with E-state index in [1.165, 1.54) is 55.2 Å². The first-order valence-electron chi connectivity index (χ1n) is 8.47. The summed E-state index contributed by atoms with van der Waals surface area (Å²) in [5, 5.41) is 3.65. The molecule has 1 aromatic carbocycles. The standard InChI is InChI=1S/C18H29BrN2/c1-3-20-18(15-8-7-9-16(19)14-15)12-13-21(4-2)17-10-5-6-11-17/h7-9,14,17-18,20H,3-6,10-13H2,1-2H3. The third kappa shape index (κ3) is 5.08. The monoisotopic (exact) mass is 352 g/mol. The Bertz CT molecular complexity index is 415. The van der Waals surface area contributed by atoms with Crippen molar-refractivity contribution in [2.45, 2.75) is 58.0 Å². The average Bonchev–Trinajstić information content (AvgIpc) is 3.01. The molecule has 0 aromatic heterocycles. The Hall–Kier alpha value is -0.380. The van der Waals surface area contributed by atoms with E-state index in [1.54, 1.807) is 0 Å². The van der Waals surface area contributed by atoms with Gasteiger partial charge in [0.1, 0.15) is 0 Å². The van der Waals surface area contributed by atoms with Crippen LogP contribution in [0.3, 0.4) is 0 Å². The smallest absolute Gasteiger partial charge is 0.0332 e. The Morgan fingerprint density at radius 2 is 2.05 bits per heavy atom. The largest absolute Gasteiger partial charge is 0.310 e. The fourth-order valence-electron chi connectivity index (χ4n) is 3.52. The maximum absolute atomic E-state index is 3.65. The summed E-state index contributed by atoms with van der Waals surface area (Å²) >= 11 is 3.59. The number of hydrogen-bond donors (Lipinski definition) is 1. The highest BCUT2D eigenvalue weighted by Crippen LogP contribution is 2.26. The van der Waals surface area contributed by atoms with Crippen LogP contribution in [0.15, 0.2) is 28.7 Å². The molecule has 1 N–H and O–H groups in total. The van der Waals surface area contributed by atoms with E-state index >= 15 is 0 Å². The summed E-state index contributed by atoms with van der Waals surface area (Å²) in [6, 6.07) is 10.0. The van der Waals surface area contributed by atoms with Crippen LogP contribution >= 0.6 is 15.9 Å². The zero-order chi connectivity index (χ0) is 15.1. The quantitative estimate of drug-likeness (QED) is 0.725. The average molecular weight is 353 g/mol. The predicted octanol–water partition coefficient (Wildman–Crippen LogP) is 4.75. The first-order valence-corrected chi connectivity index (χ1v) is 9.26. The SMILES string of the molecule is CCNC(CCN(CC)C1CCCC1)c1cccc(Br)c1. The van der Waals surface area contributed by atoms with E-state index in [-0.39, 0.29) is 0 Å². The molecule has 3 heteroatoms. The summed E-state index contributed by atoms with van der Waals surface area (Å²) in [4.78, 5) is 2.69. The van der Waals surface area contributed by atoms with Crippen molar-refractivity contribution in [3.05, 3.63) is 34.3 Å². The number of halogens is 1. The van der Waals surface area contributed by atoms with Crippen molar-refractivity contribution >= 4 is 15.9 Å². The molecule has 21 heavy (non-hydrogen) atoms. The number of hydrogen-bond acceptors (Lipinski definition) is 2. The van der Waals surface area contributed by atoms with Crippen molar-refractivity contribution in [3.63, 3.8) is 0 Å². The topological polar surface area (TPSA) is 15.3 Å². The van der Waals surface area contributed by atoms with Gasteiger partial charge in [-0.25, -0.2) is 0 Å². The van der Waals surface area contributed by atoms with Gasteiger partial charge in [-0.15, -0.1) is 0 Å². The summed E-state index contributed by atoms with van der Waals surface area (Å²) in [5.74, 6) is 0. The second-order valence-corrected chi connectivity index (χ2v) is 6.94. The molecular weight excluding hydrogens is 324 g/mol. The molecule has 0 amide bonds. The lowest BCUT2D eigenvalue weighted by molar-refractivity contribution is 0.198. The summed E-state index contributed by atoms with van der Waals surface area (Å²) in [6.45, 7) is 7.90. The van der Waals surface area contributed by atoms with Crippen LogP contribution in [-0.2, 0) is 0 Å². The number of nitrogens with zero attached hydrogens (tertiary/aromatic N) is 1. The molecule has 0 radical (unpaired) electrons. The van der Waals surface area contributed by atoms with Gasteiger partial charge in [-0.3, -0.25) is 0 Å². The van der Waals surface area contributed by atoms with Gasteiger partial charge in [-0.1, -0.05) is 54.8 Å². The van der Waals surface area contributed by atoms with Crippen LogP contribution in [0.4, 0.5) is 0 Å². The predicted molar refractivity (Wildman–Crippen MR) is 94.7 cm³/mol. The maximum atomic E-state index is 3.65. The molecular formula is C18H29BrN2. The second kappa shape index (κ2) is 8.92. The first-order chi connectivity index (χ1) is 10.2. The van der Waals surface area contributed by atoms with E-state index in [2.05, 4.69) is 64.3 Å². The van der Waals surface area contributed by atoms with Gasteiger partial charge >= 0.3 is 0 Å². The van der Waals surface area contributed by atoms with Crippen LogP contribution in [0.1, 0.15) is 57.6 Å². The number of rotatable bonds is 8. The molecule has 2 rings (SSSR count). The van der Waals surface area contributed by atoms with Gasteiger partial charge in [-0.2, -0.15) is 0 Å². The number of benzene rings is 1. The summed E-state index contributed by atoms with van der Waals surface area (Å²) in [7, 11) is 0. The molecule has 1 unspecified atom stereocenters. The van der Waals surface area contributed by atoms with Gasteiger partial charge in [-0.05, 0) is 50.0 Å². The van der Waals surface area contributed by atoms with Crippen LogP contribution in [0.2, 0.25) is 0 Å². The Labute approximate surface area is 138 Å². The van der Waals surface area contributed by atoms with E-state index in [4.69, 9.17) is 0 Å². The molecule has 0 heterocycles. The van der Waals surface area contributed by atoms with Crippen molar-refractivity contribution in [1.29, 1.82) is 0 Å². The molecule has 2 nitrogen and oxygen atoms in total. The maximum Gasteiger partial charge on any atom is 0.0332 e. The van der Waals surface area contributed by atoms with Crippen molar-refractivity contribution in [3.8, 4) is 0 Å². The Kier molecular flexibility index (Phi) is 7.21. The third-order valence-electron chi connectivity index (χ3n) is 4.65. The van der Waals surface area contributed by atoms with E-state index in [1.807, 2.05) is 0 Å². The molecule has 1 aliphatic rings. The minimum atomic E-state index is 0.461. The molecule has 0 saturated heterocycles. The van der Waals surface area contributed by atoms with Crippen LogP contribution in [0, 0.1) is 0 Å². The fourth-order valence-corrected chi connectivity index (χ4v) is 3.94. The summed E-state index contributed by atoms with van der Waals surface area (Å²) in [6.07, 6.45) is 6.83. The van der Waals surface area contributed by atoms with Gasteiger partial charge in [0.05, 0.1) is 0 Å². The minimum absolute atomic E-state index is 0.461.